The summed E-state index contributed by atoms with van der Waals surface area (Å²) in [5, 5.41) is 3.22. The van der Waals surface area contributed by atoms with Gasteiger partial charge in [0.15, 0.2) is 0 Å². The molecular formula is C16H22ClFN2O. The molecule has 1 aromatic carbocycles. The summed E-state index contributed by atoms with van der Waals surface area (Å²) in [4.78, 5) is 14.1. The fraction of sp³-hybridized carbons (Fsp3) is 0.438. The van der Waals surface area contributed by atoms with E-state index in [1.54, 1.807) is 18.2 Å². The average Bonchev–Trinajstić information content (AvgIpc) is 2.47. The van der Waals surface area contributed by atoms with E-state index in [9.17, 15) is 9.18 Å². The molecule has 1 heterocycles. The number of rotatable bonds is 3. The maximum absolute atomic E-state index is 12.9. The van der Waals surface area contributed by atoms with Crippen LogP contribution in [0.4, 0.5) is 4.39 Å². The van der Waals surface area contributed by atoms with Gasteiger partial charge in [-0.25, -0.2) is 4.39 Å². The number of nitrogens with one attached hydrogen (secondary N) is 1. The second kappa shape index (κ2) is 8.15. The zero-order valence-corrected chi connectivity index (χ0v) is 13.3. The predicted octanol–water partition coefficient (Wildman–Crippen LogP) is 2.86. The summed E-state index contributed by atoms with van der Waals surface area (Å²) < 4.78 is 12.9. The van der Waals surface area contributed by atoms with Crippen molar-refractivity contribution in [3.63, 3.8) is 0 Å². The maximum atomic E-state index is 12.9. The van der Waals surface area contributed by atoms with Crippen LogP contribution in [0.2, 0.25) is 0 Å². The Morgan fingerprint density at radius 2 is 2.05 bits per heavy atom. The van der Waals surface area contributed by atoms with Crippen molar-refractivity contribution in [2.45, 2.75) is 25.8 Å². The SMILES string of the molecule is CNC1CCCN(C(=O)C=C(C)c2ccc(F)cc2)C1.Cl. The van der Waals surface area contributed by atoms with Crippen LogP contribution in [0, 0.1) is 5.82 Å². The van der Waals surface area contributed by atoms with Crippen molar-refractivity contribution in [3.05, 3.63) is 41.7 Å². The largest absolute Gasteiger partial charge is 0.338 e. The highest BCUT2D eigenvalue weighted by Crippen LogP contribution is 2.16. The molecule has 1 amide bonds. The third-order valence-electron chi connectivity index (χ3n) is 3.78. The van der Waals surface area contributed by atoms with Crippen molar-refractivity contribution in [2.24, 2.45) is 0 Å². The molecule has 0 saturated carbocycles. The Labute approximate surface area is 131 Å². The Morgan fingerprint density at radius 1 is 1.38 bits per heavy atom. The molecule has 1 aliphatic heterocycles. The molecule has 1 N–H and O–H groups in total. The van der Waals surface area contributed by atoms with E-state index < -0.39 is 0 Å². The molecule has 1 saturated heterocycles. The molecule has 1 aromatic rings. The minimum Gasteiger partial charge on any atom is -0.338 e. The number of likely N-dealkylation sites (N-methyl/N-ethyl adjacent to an activating group) is 1. The summed E-state index contributed by atoms with van der Waals surface area (Å²) in [6.45, 7) is 3.44. The predicted molar refractivity (Wildman–Crippen MR) is 86.0 cm³/mol. The Balaban J connectivity index is 0.00000220. The maximum Gasteiger partial charge on any atom is 0.246 e. The molecule has 0 aliphatic carbocycles. The highest BCUT2D eigenvalue weighted by Gasteiger charge is 2.21. The first-order valence-electron chi connectivity index (χ1n) is 7.00. The summed E-state index contributed by atoms with van der Waals surface area (Å²) in [5.74, 6) is -0.229. The molecule has 0 radical (unpaired) electrons. The lowest BCUT2D eigenvalue weighted by molar-refractivity contribution is -0.127. The van der Waals surface area contributed by atoms with E-state index in [1.165, 1.54) is 12.1 Å². The standard InChI is InChI=1S/C16H21FN2O.ClH/c1-12(13-5-7-14(17)8-6-13)10-16(20)19-9-3-4-15(11-19)18-2;/h5-8,10,15,18H,3-4,9,11H2,1-2H3;1H. The van der Waals surface area contributed by atoms with Gasteiger partial charge in [-0.2, -0.15) is 0 Å². The van der Waals surface area contributed by atoms with Crippen molar-refractivity contribution in [1.29, 1.82) is 0 Å². The number of carbonyl (C=O) groups excluding carboxylic acids is 1. The van der Waals surface area contributed by atoms with Gasteiger partial charge in [-0.05, 0) is 50.1 Å². The summed E-state index contributed by atoms with van der Waals surface area (Å²) >= 11 is 0. The number of carbonyl (C=O) groups is 1. The Hall–Kier alpha value is -1.39. The summed E-state index contributed by atoms with van der Waals surface area (Å²) in [6.07, 6.45) is 3.78. The van der Waals surface area contributed by atoms with Gasteiger partial charge < -0.3 is 10.2 Å². The van der Waals surface area contributed by atoms with E-state index in [4.69, 9.17) is 0 Å². The Kier molecular flexibility index (Phi) is 6.85. The van der Waals surface area contributed by atoms with Crippen LogP contribution in [-0.2, 0) is 4.79 Å². The molecule has 1 unspecified atom stereocenters. The van der Waals surface area contributed by atoms with Crippen molar-refractivity contribution in [2.75, 3.05) is 20.1 Å². The molecule has 1 atom stereocenters. The van der Waals surface area contributed by atoms with Gasteiger partial charge in [-0.3, -0.25) is 4.79 Å². The molecular weight excluding hydrogens is 291 g/mol. The fourth-order valence-electron chi connectivity index (χ4n) is 2.49. The van der Waals surface area contributed by atoms with Crippen molar-refractivity contribution in [1.82, 2.24) is 10.2 Å². The van der Waals surface area contributed by atoms with Gasteiger partial charge in [0, 0.05) is 25.2 Å². The number of hydrogen-bond donors (Lipinski definition) is 1. The third-order valence-corrected chi connectivity index (χ3v) is 3.78. The van der Waals surface area contributed by atoms with Gasteiger partial charge >= 0.3 is 0 Å². The van der Waals surface area contributed by atoms with Crippen molar-refractivity contribution in [3.8, 4) is 0 Å². The third kappa shape index (κ3) is 4.83. The molecule has 1 aliphatic rings. The monoisotopic (exact) mass is 312 g/mol. The van der Waals surface area contributed by atoms with Crippen LogP contribution in [0.5, 0.6) is 0 Å². The Morgan fingerprint density at radius 3 is 2.67 bits per heavy atom. The zero-order valence-electron chi connectivity index (χ0n) is 12.4. The average molecular weight is 313 g/mol. The highest BCUT2D eigenvalue weighted by atomic mass is 35.5. The topological polar surface area (TPSA) is 32.3 Å². The zero-order chi connectivity index (χ0) is 14.5. The van der Waals surface area contributed by atoms with Crippen LogP contribution in [-0.4, -0.2) is 37.0 Å². The van der Waals surface area contributed by atoms with Crippen LogP contribution in [0.1, 0.15) is 25.3 Å². The number of halogens is 2. The number of amides is 1. The minimum absolute atomic E-state index is 0. The first-order valence-corrected chi connectivity index (χ1v) is 7.00. The van der Waals surface area contributed by atoms with Gasteiger partial charge in [0.2, 0.25) is 5.91 Å². The normalized spacial score (nSPS) is 19.1. The molecule has 2 rings (SSSR count). The molecule has 0 bridgehead atoms. The summed E-state index contributed by atoms with van der Waals surface area (Å²) in [5.41, 5.74) is 1.74. The number of benzene rings is 1. The molecule has 3 nitrogen and oxygen atoms in total. The van der Waals surface area contributed by atoms with Crippen LogP contribution >= 0.6 is 12.4 Å². The van der Waals surface area contributed by atoms with E-state index in [-0.39, 0.29) is 24.1 Å². The lowest BCUT2D eigenvalue weighted by atomic mass is 10.0. The molecule has 0 spiro atoms. The van der Waals surface area contributed by atoms with Crippen molar-refractivity contribution >= 4 is 23.9 Å². The van der Waals surface area contributed by atoms with Gasteiger partial charge in [-0.1, -0.05) is 12.1 Å². The van der Waals surface area contributed by atoms with Crippen LogP contribution in [0.15, 0.2) is 30.3 Å². The van der Waals surface area contributed by atoms with E-state index in [0.717, 1.165) is 37.1 Å². The lowest BCUT2D eigenvalue weighted by Crippen LogP contribution is -2.46. The van der Waals surface area contributed by atoms with Crippen LogP contribution in [0.3, 0.4) is 0 Å². The number of piperidine rings is 1. The number of allylic oxidation sites excluding steroid dienone is 1. The summed E-state index contributed by atoms with van der Waals surface area (Å²) in [6, 6.07) is 6.60. The van der Waals surface area contributed by atoms with Crippen molar-refractivity contribution < 1.29 is 9.18 Å². The van der Waals surface area contributed by atoms with E-state index in [0.29, 0.717) is 6.04 Å². The van der Waals surface area contributed by atoms with E-state index in [2.05, 4.69) is 5.32 Å². The van der Waals surface area contributed by atoms with E-state index in [1.807, 2.05) is 18.9 Å². The van der Waals surface area contributed by atoms with Crippen LogP contribution in [0.25, 0.3) is 5.57 Å². The molecule has 116 valence electrons. The second-order valence-corrected chi connectivity index (χ2v) is 5.25. The van der Waals surface area contributed by atoms with E-state index >= 15 is 0 Å². The van der Waals surface area contributed by atoms with Crippen LogP contribution < -0.4 is 5.32 Å². The van der Waals surface area contributed by atoms with Gasteiger partial charge in [-0.15, -0.1) is 12.4 Å². The molecule has 21 heavy (non-hydrogen) atoms. The summed E-state index contributed by atoms with van der Waals surface area (Å²) in [7, 11) is 1.93. The molecule has 0 aromatic heterocycles. The quantitative estimate of drug-likeness (QED) is 0.871. The Bertz CT molecular complexity index is 502. The first-order chi connectivity index (χ1) is 9.60. The van der Waals surface area contributed by atoms with Gasteiger partial charge in [0.05, 0.1) is 0 Å². The van der Waals surface area contributed by atoms with Gasteiger partial charge in [0.1, 0.15) is 5.82 Å². The number of nitrogens with zero attached hydrogens (tertiary/aromatic N) is 1. The van der Waals surface area contributed by atoms with Gasteiger partial charge in [0.25, 0.3) is 0 Å². The molecule has 1 fully saturated rings. The lowest BCUT2D eigenvalue weighted by Gasteiger charge is -2.32. The smallest absolute Gasteiger partial charge is 0.246 e. The first kappa shape index (κ1) is 17.7. The second-order valence-electron chi connectivity index (χ2n) is 5.25. The highest BCUT2D eigenvalue weighted by molar-refractivity contribution is 5.94. The number of hydrogen-bond acceptors (Lipinski definition) is 2. The molecule has 5 heteroatoms. The minimum atomic E-state index is -0.263. The number of likely N-dealkylation sites (tertiary alicyclic amines) is 1. The fourth-order valence-corrected chi connectivity index (χ4v) is 2.49.